The van der Waals surface area contributed by atoms with Crippen LogP contribution in [0, 0.1) is 12.8 Å². The summed E-state index contributed by atoms with van der Waals surface area (Å²) in [4.78, 5) is 13.9. The highest BCUT2D eigenvalue weighted by molar-refractivity contribution is 5.87. The van der Waals surface area contributed by atoms with Crippen molar-refractivity contribution in [3.8, 4) is 0 Å². The van der Waals surface area contributed by atoms with Gasteiger partial charge < -0.3 is 14.9 Å². The molecule has 0 spiro atoms. The molecule has 2 rings (SSSR count). The molecule has 1 fully saturated rings. The zero-order valence-corrected chi connectivity index (χ0v) is 12.4. The second kappa shape index (κ2) is 6.90. The molecule has 0 bridgehead atoms. The molecule has 2 heterocycles. The van der Waals surface area contributed by atoms with Crippen molar-refractivity contribution in [1.29, 1.82) is 0 Å². The van der Waals surface area contributed by atoms with Gasteiger partial charge in [-0.05, 0) is 57.8 Å². The number of nitrogens with two attached hydrogens (primary N) is 1. The van der Waals surface area contributed by atoms with Gasteiger partial charge in [-0.2, -0.15) is 0 Å². The lowest BCUT2D eigenvalue weighted by molar-refractivity contribution is 0.0559. The molecule has 0 amide bonds. The van der Waals surface area contributed by atoms with Crippen molar-refractivity contribution < 1.29 is 13.9 Å². The van der Waals surface area contributed by atoms with Gasteiger partial charge in [0.1, 0.15) is 5.76 Å². The number of hydrogen-bond donors (Lipinski definition) is 1. The Labute approximate surface area is 120 Å². The minimum atomic E-state index is -0.407. The lowest BCUT2D eigenvalue weighted by Gasteiger charge is -2.31. The maximum absolute atomic E-state index is 11.5. The number of hydrogen-bond acceptors (Lipinski definition) is 5. The maximum Gasteiger partial charge on any atom is 0.374 e. The van der Waals surface area contributed by atoms with Gasteiger partial charge in [0, 0.05) is 5.56 Å². The molecule has 0 aliphatic carbocycles. The third-order valence-corrected chi connectivity index (χ3v) is 4.00. The number of furan rings is 1. The number of ether oxygens (including phenoxy) is 1. The third-order valence-electron chi connectivity index (χ3n) is 4.00. The average Bonchev–Trinajstić information content (AvgIpc) is 2.81. The smallest absolute Gasteiger partial charge is 0.374 e. The largest absolute Gasteiger partial charge is 0.463 e. The van der Waals surface area contributed by atoms with Crippen LogP contribution in [0.3, 0.4) is 0 Å². The summed E-state index contributed by atoms with van der Waals surface area (Å²) in [6.45, 7) is 5.54. The van der Waals surface area contributed by atoms with E-state index in [1.165, 1.54) is 20.0 Å². The molecule has 1 aromatic rings. The van der Waals surface area contributed by atoms with E-state index in [-0.39, 0.29) is 0 Å². The number of carbonyl (C=O) groups is 1. The van der Waals surface area contributed by atoms with Crippen LogP contribution in [0.4, 0.5) is 0 Å². The van der Waals surface area contributed by atoms with Crippen LogP contribution < -0.4 is 5.73 Å². The molecule has 0 aromatic carbocycles. The van der Waals surface area contributed by atoms with Gasteiger partial charge in [0.05, 0.1) is 13.7 Å². The van der Waals surface area contributed by atoms with Crippen molar-refractivity contribution in [3.05, 3.63) is 23.2 Å². The van der Waals surface area contributed by atoms with Crippen LogP contribution in [-0.4, -0.2) is 37.6 Å². The molecular weight excluding hydrogens is 256 g/mol. The van der Waals surface area contributed by atoms with E-state index >= 15 is 0 Å². The fourth-order valence-corrected chi connectivity index (χ4v) is 2.81. The van der Waals surface area contributed by atoms with Crippen molar-refractivity contribution in [2.24, 2.45) is 11.7 Å². The van der Waals surface area contributed by atoms with Gasteiger partial charge >= 0.3 is 5.97 Å². The number of aryl methyl sites for hydroxylation is 1. The first-order chi connectivity index (χ1) is 9.63. The number of likely N-dealkylation sites (tertiary alicyclic amines) is 1. The van der Waals surface area contributed by atoms with Gasteiger partial charge in [0.25, 0.3) is 0 Å². The molecule has 0 atom stereocenters. The van der Waals surface area contributed by atoms with Crippen molar-refractivity contribution >= 4 is 5.97 Å². The predicted molar refractivity (Wildman–Crippen MR) is 76.5 cm³/mol. The fourth-order valence-electron chi connectivity index (χ4n) is 2.81. The highest BCUT2D eigenvalue weighted by Crippen LogP contribution is 2.23. The number of piperidine rings is 1. The maximum atomic E-state index is 11.5. The van der Waals surface area contributed by atoms with Crippen LogP contribution in [0.25, 0.3) is 0 Å². The second-order valence-corrected chi connectivity index (χ2v) is 5.51. The first kappa shape index (κ1) is 15.1. The van der Waals surface area contributed by atoms with Crippen molar-refractivity contribution in [2.45, 2.75) is 32.7 Å². The van der Waals surface area contributed by atoms with Gasteiger partial charge in [0.2, 0.25) is 5.76 Å². The standard InChI is InChI=1S/C15H24N2O3/c1-11-9-13(20-14(11)15(18)19-2)10-17-7-4-12(3-6-16)5-8-17/h9,12H,3-8,10,16H2,1-2H3. The molecule has 0 radical (unpaired) electrons. The van der Waals surface area contributed by atoms with Gasteiger partial charge in [-0.1, -0.05) is 0 Å². The van der Waals surface area contributed by atoms with E-state index in [0.29, 0.717) is 5.76 Å². The third kappa shape index (κ3) is 3.61. The van der Waals surface area contributed by atoms with Crippen LogP contribution in [0.15, 0.2) is 10.5 Å². The minimum absolute atomic E-state index is 0.320. The Bertz CT molecular complexity index is 448. The van der Waals surface area contributed by atoms with E-state index in [0.717, 1.165) is 49.8 Å². The number of carbonyl (C=O) groups excluding carboxylic acids is 1. The summed E-state index contributed by atoms with van der Waals surface area (Å²) in [5.74, 6) is 1.51. The first-order valence-electron chi connectivity index (χ1n) is 7.24. The van der Waals surface area contributed by atoms with Crippen LogP contribution >= 0.6 is 0 Å². The number of esters is 1. The van der Waals surface area contributed by atoms with Crippen molar-refractivity contribution in [2.75, 3.05) is 26.7 Å². The SMILES string of the molecule is COC(=O)c1oc(CN2CCC(CCN)CC2)cc1C. The molecule has 0 saturated carbocycles. The van der Waals surface area contributed by atoms with Crippen LogP contribution in [-0.2, 0) is 11.3 Å². The fraction of sp³-hybridized carbons (Fsp3) is 0.667. The lowest BCUT2D eigenvalue weighted by Crippen LogP contribution is -2.33. The van der Waals surface area contributed by atoms with E-state index in [2.05, 4.69) is 4.90 Å². The molecule has 1 saturated heterocycles. The van der Waals surface area contributed by atoms with E-state index in [9.17, 15) is 4.79 Å². The Kier molecular flexibility index (Phi) is 5.20. The van der Waals surface area contributed by atoms with E-state index in [1.54, 1.807) is 0 Å². The molecule has 112 valence electrons. The second-order valence-electron chi connectivity index (χ2n) is 5.51. The summed E-state index contributed by atoms with van der Waals surface area (Å²) >= 11 is 0. The molecule has 1 aliphatic rings. The molecule has 1 aliphatic heterocycles. The summed E-state index contributed by atoms with van der Waals surface area (Å²) < 4.78 is 10.3. The van der Waals surface area contributed by atoms with Gasteiger partial charge in [-0.3, -0.25) is 4.90 Å². The zero-order valence-electron chi connectivity index (χ0n) is 12.4. The number of rotatable bonds is 5. The summed E-state index contributed by atoms with van der Waals surface area (Å²) in [6.07, 6.45) is 3.52. The Morgan fingerprint density at radius 1 is 1.50 bits per heavy atom. The monoisotopic (exact) mass is 280 g/mol. The summed E-state index contributed by atoms with van der Waals surface area (Å²) in [5, 5.41) is 0. The van der Waals surface area contributed by atoms with Gasteiger partial charge in [-0.25, -0.2) is 4.79 Å². The van der Waals surface area contributed by atoms with Crippen LogP contribution in [0.5, 0.6) is 0 Å². The Balaban J connectivity index is 1.90. The molecule has 5 nitrogen and oxygen atoms in total. The number of methoxy groups -OCH3 is 1. The van der Waals surface area contributed by atoms with Gasteiger partial charge in [-0.15, -0.1) is 0 Å². The summed E-state index contributed by atoms with van der Waals surface area (Å²) in [5.41, 5.74) is 6.44. The minimum Gasteiger partial charge on any atom is -0.463 e. The van der Waals surface area contributed by atoms with Gasteiger partial charge in [0.15, 0.2) is 0 Å². The molecular formula is C15H24N2O3. The van der Waals surface area contributed by atoms with E-state index < -0.39 is 5.97 Å². The summed E-state index contributed by atoms with van der Waals surface area (Å²) in [7, 11) is 1.37. The first-order valence-corrected chi connectivity index (χ1v) is 7.24. The normalized spacial score (nSPS) is 17.4. The Morgan fingerprint density at radius 3 is 2.80 bits per heavy atom. The van der Waals surface area contributed by atoms with E-state index in [1.807, 2.05) is 13.0 Å². The average molecular weight is 280 g/mol. The molecule has 2 N–H and O–H groups in total. The zero-order chi connectivity index (χ0) is 14.5. The quantitative estimate of drug-likeness (QED) is 0.835. The Morgan fingerprint density at radius 2 is 2.20 bits per heavy atom. The predicted octanol–water partition coefficient (Wildman–Crippen LogP) is 1.94. The van der Waals surface area contributed by atoms with Crippen molar-refractivity contribution in [1.82, 2.24) is 4.90 Å². The topological polar surface area (TPSA) is 68.7 Å². The molecule has 0 unspecified atom stereocenters. The van der Waals surface area contributed by atoms with Crippen molar-refractivity contribution in [3.63, 3.8) is 0 Å². The highest BCUT2D eigenvalue weighted by Gasteiger charge is 2.21. The number of nitrogens with zero attached hydrogens (tertiary/aromatic N) is 1. The van der Waals surface area contributed by atoms with E-state index in [4.69, 9.17) is 14.9 Å². The molecule has 20 heavy (non-hydrogen) atoms. The highest BCUT2D eigenvalue weighted by atomic mass is 16.5. The molecule has 1 aromatic heterocycles. The molecule has 5 heteroatoms. The Hall–Kier alpha value is -1.33. The van der Waals surface area contributed by atoms with Crippen LogP contribution in [0.1, 0.15) is 41.1 Å². The summed E-state index contributed by atoms with van der Waals surface area (Å²) in [6, 6.07) is 1.93. The van der Waals surface area contributed by atoms with Crippen LogP contribution in [0.2, 0.25) is 0 Å². The lowest BCUT2D eigenvalue weighted by atomic mass is 9.93.